The molecule has 21 heavy (non-hydrogen) atoms. The maximum atomic E-state index is 6.18. The Labute approximate surface area is 138 Å². The zero-order valence-corrected chi connectivity index (χ0v) is 14.4. The summed E-state index contributed by atoms with van der Waals surface area (Å²) in [7, 11) is 0. The zero-order valence-electron chi connectivity index (χ0n) is 12.1. The van der Waals surface area contributed by atoms with E-state index in [2.05, 4.69) is 40.1 Å². The van der Waals surface area contributed by atoms with Crippen molar-refractivity contribution in [2.24, 2.45) is 5.92 Å². The molecule has 2 aromatic rings. The van der Waals surface area contributed by atoms with Crippen molar-refractivity contribution in [3.8, 4) is 11.6 Å². The molecule has 3 nitrogen and oxygen atoms in total. The molecule has 0 unspecified atom stereocenters. The maximum absolute atomic E-state index is 6.18. The fraction of sp³-hybridized carbons (Fsp3) is 0.312. The average Bonchev–Trinajstić information content (AvgIpc) is 2.44. The number of nitrogens with zero attached hydrogens (tertiary/aromatic N) is 1. The largest absolute Gasteiger partial charge is 0.438 e. The summed E-state index contributed by atoms with van der Waals surface area (Å²) < 4.78 is 6.68. The highest BCUT2D eigenvalue weighted by Gasteiger charge is 2.07. The van der Waals surface area contributed by atoms with Crippen LogP contribution in [0.5, 0.6) is 11.6 Å². The molecule has 1 aromatic carbocycles. The topological polar surface area (TPSA) is 34.2 Å². The second kappa shape index (κ2) is 7.78. The van der Waals surface area contributed by atoms with E-state index in [1.54, 1.807) is 6.07 Å². The monoisotopic (exact) mass is 368 g/mol. The van der Waals surface area contributed by atoms with Crippen LogP contribution in [0.25, 0.3) is 0 Å². The van der Waals surface area contributed by atoms with Crippen LogP contribution in [-0.2, 0) is 6.54 Å². The third kappa shape index (κ3) is 4.99. The van der Waals surface area contributed by atoms with Crippen molar-refractivity contribution in [3.05, 3.63) is 51.6 Å². The number of halogens is 2. The van der Waals surface area contributed by atoms with Gasteiger partial charge >= 0.3 is 0 Å². The molecule has 112 valence electrons. The number of hydrogen-bond donors (Lipinski definition) is 1. The van der Waals surface area contributed by atoms with Gasteiger partial charge in [0.25, 0.3) is 0 Å². The van der Waals surface area contributed by atoms with Crippen molar-refractivity contribution in [3.63, 3.8) is 0 Å². The minimum atomic E-state index is 0.535. The van der Waals surface area contributed by atoms with E-state index in [9.17, 15) is 0 Å². The minimum Gasteiger partial charge on any atom is -0.438 e. The highest BCUT2D eigenvalue weighted by molar-refractivity contribution is 9.10. The molecular weight excluding hydrogens is 352 g/mol. The van der Waals surface area contributed by atoms with E-state index in [-0.39, 0.29) is 0 Å². The molecule has 0 aliphatic carbocycles. The van der Waals surface area contributed by atoms with E-state index < -0.39 is 0 Å². The lowest BCUT2D eigenvalue weighted by Crippen LogP contribution is -2.19. The summed E-state index contributed by atoms with van der Waals surface area (Å²) in [6.45, 7) is 5.88. The molecule has 0 spiro atoms. The van der Waals surface area contributed by atoms with Crippen molar-refractivity contribution >= 4 is 27.5 Å². The maximum Gasteiger partial charge on any atom is 0.219 e. The van der Waals surface area contributed by atoms with Crippen molar-refractivity contribution < 1.29 is 4.74 Å². The van der Waals surface area contributed by atoms with E-state index >= 15 is 0 Å². The Morgan fingerprint density at radius 1 is 1.24 bits per heavy atom. The van der Waals surface area contributed by atoms with Crippen LogP contribution in [0.4, 0.5) is 0 Å². The van der Waals surface area contributed by atoms with Gasteiger partial charge in [-0.25, -0.2) is 4.98 Å². The quantitative estimate of drug-likeness (QED) is 0.775. The Bertz CT molecular complexity index is 605. The van der Waals surface area contributed by atoms with Crippen LogP contribution in [0.15, 0.2) is 40.9 Å². The highest BCUT2D eigenvalue weighted by Crippen LogP contribution is 2.29. The van der Waals surface area contributed by atoms with Gasteiger partial charge in [-0.15, -0.1) is 0 Å². The first-order chi connectivity index (χ1) is 10.1. The van der Waals surface area contributed by atoms with Gasteiger partial charge in [0, 0.05) is 12.6 Å². The van der Waals surface area contributed by atoms with Gasteiger partial charge in [0.15, 0.2) is 0 Å². The Balaban J connectivity index is 2.09. The molecule has 0 radical (unpaired) electrons. The Morgan fingerprint density at radius 3 is 2.71 bits per heavy atom. The van der Waals surface area contributed by atoms with Crippen molar-refractivity contribution in [2.75, 3.05) is 6.54 Å². The van der Waals surface area contributed by atoms with Gasteiger partial charge in [0.05, 0.1) is 15.2 Å². The van der Waals surface area contributed by atoms with Gasteiger partial charge < -0.3 is 10.1 Å². The summed E-state index contributed by atoms with van der Waals surface area (Å²) in [6, 6.07) is 11.3. The Morgan fingerprint density at radius 2 is 2.00 bits per heavy atom. The van der Waals surface area contributed by atoms with Crippen LogP contribution in [-0.4, -0.2) is 11.5 Å². The average molecular weight is 370 g/mol. The molecule has 0 aliphatic rings. The van der Waals surface area contributed by atoms with Gasteiger partial charge in [-0.2, -0.15) is 0 Å². The highest BCUT2D eigenvalue weighted by atomic mass is 79.9. The van der Waals surface area contributed by atoms with Crippen LogP contribution < -0.4 is 10.1 Å². The van der Waals surface area contributed by atoms with Crippen LogP contribution in [0.1, 0.15) is 19.5 Å². The van der Waals surface area contributed by atoms with Gasteiger partial charge in [-0.05, 0) is 46.6 Å². The summed E-state index contributed by atoms with van der Waals surface area (Å²) >= 11 is 9.63. The fourth-order valence-corrected chi connectivity index (χ4v) is 2.30. The number of hydrogen-bond acceptors (Lipinski definition) is 3. The van der Waals surface area contributed by atoms with Crippen molar-refractivity contribution in [1.29, 1.82) is 0 Å². The second-order valence-corrected chi connectivity index (χ2v) is 6.40. The molecule has 1 aromatic heterocycles. The first-order valence-electron chi connectivity index (χ1n) is 6.85. The molecule has 5 heteroatoms. The van der Waals surface area contributed by atoms with Crippen LogP contribution in [0.2, 0.25) is 5.02 Å². The Kier molecular flexibility index (Phi) is 6.03. The SMILES string of the molecule is CC(C)CNCc1nc(Oc2ccccc2Br)ccc1Cl. The molecule has 0 fully saturated rings. The van der Waals surface area contributed by atoms with Crippen LogP contribution in [0, 0.1) is 5.92 Å². The standard InChI is InChI=1S/C16H18BrClN2O/c1-11(2)9-19-10-14-13(18)7-8-16(20-14)21-15-6-4-3-5-12(15)17/h3-8,11,19H,9-10H2,1-2H3. The number of rotatable bonds is 6. The summed E-state index contributed by atoms with van der Waals surface area (Å²) in [5.41, 5.74) is 0.793. The molecule has 0 amide bonds. The van der Waals surface area contributed by atoms with Crippen molar-refractivity contribution in [1.82, 2.24) is 10.3 Å². The van der Waals surface area contributed by atoms with Gasteiger partial charge in [-0.3, -0.25) is 0 Å². The summed E-state index contributed by atoms with van der Waals surface area (Å²) in [6.07, 6.45) is 0. The smallest absolute Gasteiger partial charge is 0.219 e. The summed E-state index contributed by atoms with van der Waals surface area (Å²) in [5.74, 6) is 1.85. The molecule has 0 saturated carbocycles. The van der Waals surface area contributed by atoms with E-state index in [0.717, 1.165) is 22.5 Å². The first-order valence-corrected chi connectivity index (χ1v) is 8.02. The van der Waals surface area contributed by atoms with E-state index in [1.165, 1.54) is 0 Å². The summed E-state index contributed by atoms with van der Waals surface area (Å²) in [5, 5.41) is 3.98. The van der Waals surface area contributed by atoms with E-state index in [4.69, 9.17) is 16.3 Å². The minimum absolute atomic E-state index is 0.535. The van der Waals surface area contributed by atoms with E-state index in [1.807, 2.05) is 30.3 Å². The molecule has 0 saturated heterocycles. The first kappa shape index (κ1) is 16.3. The predicted molar refractivity (Wildman–Crippen MR) is 90.0 cm³/mol. The lowest BCUT2D eigenvalue weighted by molar-refractivity contribution is 0.455. The second-order valence-electron chi connectivity index (χ2n) is 5.14. The third-order valence-electron chi connectivity index (χ3n) is 2.79. The molecule has 0 aliphatic heterocycles. The van der Waals surface area contributed by atoms with Gasteiger partial charge in [0.2, 0.25) is 5.88 Å². The number of aromatic nitrogens is 1. The van der Waals surface area contributed by atoms with E-state index in [0.29, 0.717) is 23.4 Å². The number of pyridine rings is 1. The summed E-state index contributed by atoms with van der Waals surface area (Å²) in [4.78, 5) is 4.47. The molecule has 0 atom stereocenters. The number of para-hydroxylation sites is 1. The Hall–Kier alpha value is -1.10. The molecule has 1 N–H and O–H groups in total. The normalized spacial score (nSPS) is 10.9. The third-order valence-corrected chi connectivity index (χ3v) is 3.79. The lowest BCUT2D eigenvalue weighted by atomic mass is 10.2. The lowest BCUT2D eigenvalue weighted by Gasteiger charge is -2.11. The fourth-order valence-electron chi connectivity index (χ4n) is 1.76. The zero-order chi connectivity index (χ0) is 15.2. The number of benzene rings is 1. The molecular formula is C16H18BrClN2O. The number of ether oxygens (including phenoxy) is 1. The van der Waals surface area contributed by atoms with Crippen LogP contribution >= 0.6 is 27.5 Å². The van der Waals surface area contributed by atoms with Crippen LogP contribution in [0.3, 0.4) is 0 Å². The van der Waals surface area contributed by atoms with Gasteiger partial charge in [-0.1, -0.05) is 37.6 Å². The molecule has 0 bridgehead atoms. The van der Waals surface area contributed by atoms with Crippen molar-refractivity contribution in [2.45, 2.75) is 20.4 Å². The molecule has 1 heterocycles. The predicted octanol–water partition coefficient (Wildman–Crippen LogP) is 5.04. The molecule has 2 rings (SSSR count). The number of nitrogens with one attached hydrogen (secondary N) is 1. The van der Waals surface area contributed by atoms with Gasteiger partial charge in [0.1, 0.15) is 5.75 Å².